The van der Waals surface area contributed by atoms with Gasteiger partial charge in [-0.2, -0.15) is 0 Å². The second-order valence-electron chi connectivity index (χ2n) is 2.09. The summed E-state index contributed by atoms with van der Waals surface area (Å²) in [7, 11) is 0. The van der Waals surface area contributed by atoms with Crippen molar-refractivity contribution >= 4 is 11.6 Å². The number of halogens is 5. The summed E-state index contributed by atoms with van der Waals surface area (Å²) in [5, 5.41) is 0. The van der Waals surface area contributed by atoms with E-state index in [2.05, 4.69) is 0 Å². The van der Waals surface area contributed by atoms with E-state index in [1.165, 1.54) is 0 Å². The van der Waals surface area contributed by atoms with Crippen LogP contribution >= 0.6 is 11.6 Å². The third-order valence-electron chi connectivity index (χ3n) is 1.32. The van der Waals surface area contributed by atoms with E-state index in [9.17, 15) is 17.6 Å². The van der Waals surface area contributed by atoms with Crippen LogP contribution in [0.5, 0.6) is 0 Å². The van der Waals surface area contributed by atoms with Crippen molar-refractivity contribution in [3.8, 4) is 0 Å². The number of rotatable bonds is 1. The van der Waals surface area contributed by atoms with Gasteiger partial charge in [0, 0.05) is 5.56 Å². The first-order valence-corrected chi connectivity index (χ1v) is 3.49. The largest absolute Gasteiger partial charge is 0.204 e. The van der Waals surface area contributed by atoms with E-state index in [1.807, 2.05) is 0 Å². The van der Waals surface area contributed by atoms with Crippen LogP contribution in [-0.4, -0.2) is 0 Å². The highest BCUT2D eigenvalue weighted by Gasteiger charge is 2.17. The summed E-state index contributed by atoms with van der Waals surface area (Å²) in [6, 6.07) is 0.529. The maximum absolute atomic E-state index is 12.6. The fourth-order valence-corrected chi connectivity index (χ4v) is 0.914. The highest BCUT2D eigenvalue weighted by molar-refractivity contribution is 6.17. The third kappa shape index (κ3) is 1.39. The maximum Gasteiger partial charge on any atom is 0.197 e. The standard InChI is InChI=1S/C7H3ClF4/c8-2-3-1-4(9)6(11)7(12)5(3)10/h1H,2H2. The van der Waals surface area contributed by atoms with Gasteiger partial charge in [0.1, 0.15) is 0 Å². The Morgan fingerprint density at radius 2 is 1.58 bits per heavy atom. The molecule has 0 unspecified atom stereocenters. The van der Waals surface area contributed by atoms with Crippen molar-refractivity contribution in [3.05, 3.63) is 34.9 Å². The minimum absolute atomic E-state index is 0.395. The molecule has 0 atom stereocenters. The molecule has 0 aromatic heterocycles. The van der Waals surface area contributed by atoms with Gasteiger partial charge in [0.15, 0.2) is 23.3 Å². The zero-order valence-corrected chi connectivity index (χ0v) is 6.43. The molecule has 0 aliphatic heterocycles. The van der Waals surface area contributed by atoms with Crippen LogP contribution in [0.2, 0.25) is 0 Å². The second kappa shape index (κ2) is 3.31. The molecule has 0 aliphatic carbocycles. The third-order valence-corrected chi connectivity index (χ3v) is 1.61. The zero-order chi connectivity index (χ0) is 9.30. The lowest BCUT2D eigenvalue weighted by Crippen LogP contribution is -1.99. The molecule has 0 amide bonds. The number of alkyl halides is 1. The topological polar surface area (TPSA) is 0 Å². The molecule has 5 heteroatoms. The van der Waals surface area contributed by atoms with E-state index in [0.29, 0.717) is 6.07 Å². The van der Waals surface area contributed by atoms with Gasteiger partial charge in [0.25, 0.3) is 0 Å². The van der Waals surface area contributed by atoms with Crippen molar-refractivity contribution in [1.82, 2.24) is 0 Å². The van der Waals surface area contributed by atoms with E-state index >= 15 is 0 Å². The Labute approximate surface area is 70.8 Å². The Bertz CT molecular complexity index is 311. The molecular weight excluding hydrogens is 196 g/mol. The summed E-state index contributed by atoms with van der Waals surface area (Å²) < 4.78 is 49.6. The molecule has 1 aromatic rings. The number of benzene rings is 1. The maximum atomic E-state index is 12.6. The van der Waals surface area contributed by atoms with Gasteiger partial charge in [-0.1, -0.05) is 0 Å². The lowest BCUT2D eigenvalue weighted by molar-refractivity contribution is 0.405. The zero-order valence-electron chi connectivity index (χ0n) is 5.67. The van der Waals surface area contributed by atoms with Crippen molar-refractivity contribution in [3.63, 3.8) is 0 Å². The van der Waals surface area contributed by atoms with Crippen molar-refractivity contribution in [1.29, 1.82) is 0 Å². The van der Waals surface area contributed by atoms with Crippen LogP contribution in [0.25, 0.3) is 0 Å². The van der Waals surface area contributed by atoms with Crippen molar-refractivity contribution < 1.29 is 17.6 Å². The second-order valence-corrected chi connectivity index (χ2v) is 2.36. The fraction of sp³-hybridized carbons (Fsp3) is 0.143. The molecule has 0 fully saturated rings. The quantitative estimate of drug-likeness (QED) is 0.282. The molecule has 1 aromatic carbocycles. The van der Waals surface area contributed by atoms with Gasteiger partial charge in [0.2, 0.25) is 0 Å². The first kappa shape index (κ1) is 9.32. The molecule has 1 rings (SSSR count). The Morgan fingerprint density at radius 1 is 1.00 bits per heavy atom. The molecule has 12 heavy (non-hydrogen) atoms. The number of hydrogen-bond donors (Lipinski definition) is 0. The minimum atomic E-state index is -1.83. The molecule has 0 saturated carbocycles. The summed E-state index contributed by atoms with van der Waals surface area (Å²) in [6.07, 6.45) is 0. The average molecular weight is 199 g/mol. The van der Waals surface area contributed by atoms with Gasteiger partial charge in [-0.3, -0.25) is 0 Å². The molecular formula is C7H3ClF4. The van der Waals surface area contributed by atoms with Gasteiger partial charge >= 0.3 is 0 Å². The van der Waals surface area contributed by atoms with Crippen LogP contribution in [0.4, 0.5) is 17.6 Å². The molecule has 0 N–H and O–H groups in total. The SMILES string of the molecule is Fc1cc(CCl)c(F)c(F)c1F. The van der Waals surface area contributed by atoms with Crippen molar-refractivity contribution in [2.24, 2.45) is 0 Å². The van der Waals surface area contributed by atoms with E-state index in [1.54, 1.807) is 0 Å². The summed E-state index contributed by atoms with van der Waals surface area (Å²) in [4.78, 5) is 0. The van der Waals surface area contributed by atoms with Crippen LogP contribution in [0, 0.1) is 23.3 Å². The van der Waals surface area contributed by atoms with E-state index in [4.69, 9.17) is 11.6 Å². The van der Waals surface area contributed by atoms with Crippen LogP contribution in [-0.2, 0) is 5.88 Å². The summed E-state index contributed by atoms with van der Waals surface area (Å²) in [6.45, 7) is 0. The molecule has 0 radical (unpaired) electrons. The summed E-state index contributed by atoms with van der Waals surface area (Å²) in [5.74, 6) is -6.93. The smallest absolute Gasteiger partial charge is 0.197 e. The average Bonchev–Trinajstić information content (AvgIpc) is 2.08. The van der Waals surface area contributed by atoms with Gasteiger partial charge in [0.05, 0.1) is 5.88 Å². The summed E-state index contributed by atoms with van der Waals surface area (Å²) >= 11 is 5.13. The first-order valence-electron chi connectivity index (χ1n) is 2.95. The molecule has 66 valence electrons. The summed E-state index contributed by atoms with van der Waals surface area (Å²) in [5.41, 5.74) is -0.395. The monoisotopic (exact) mass is 198 g/mol. The lowest BCUT2D eigenvalue weighted by Gasteiger charge is -2.01. The molecule has 0 nitrogen and oxygen atoms in total. The molecule has 0 aliphatic rings. The normalized spacial score (nSPS) is 10.4. The van der Waals surface area contributed by atoms with Gasteiger partial charge in [-0.05, 0) is 6.07 Å². The molecule has 0 saturated heterocycles. The Hall–Kier alpha value is -0.770. The highest BCUT2D eigenvalue weighted by atomic mass is 35.5. The molecule has 0 spiro atoms. The van der Waals surface area contributed by atoms with Crippen molar-refractivity contribution in [2.75, 3.05) is 0 Å². The van der Waals surface area contributed by atoms with Crippen LogP contribution in [0.15, 0.2) is 6.07 Å². The van der Waals surface area contributed by atoms with E-state index in [-0.39, 0.29) is 0 Å². The van der Waals surface area contributed by atoms with Gasteiger partial charge < -0.3 is 0 Å². The Kier molecular flexibility index (Phi) is 2.57. The fourth-order valence-electron chi connectivity index (χ4n) is 0.719. The Morgan fingerprint density at radius 3 is 2.08 bits per heavy atom. The lowest BCUT2D eigenvalue weighted by atomic mass is 10.2. The predicted octanol–water partition coefficient (Wildman–Crippen LogP) is 2.98. The van der Waals surface area contributed by atoms with E-state index < -0.39 is 34.7 Å². The van der Waals surface area contributed by atoms with Crippen molar-refractivity contribution in [2.45, 2.75) is 5.88 Å². The molecule has 0 heterocycles. The predicted molar refractivity (Wildman–Crippen MR) is 35.8 cm³/mol. The van der Waals surface area contributed by atoms with Gasteiger partial charge in [-0.15, -0.1) is 11.6 Å². The first-order chi connectivity index (χ1) is 5.57. The highest BCUT2D eigenvalue weighted by Crippen LogP contribution is 2.19. The van der Waals surface area contributed by atoms with Crippen LogP contribution in [0.1, 0.15) is 5.56 Å². The van der Waals surface area contributed by atoms with Crippen LogP contribution in [0.3, 0.4) is 0 Å². The molecule has 0 bridgehead atoms. The minimum Gasteiger partial charge on any atom is -0.204 e. The number of hydrogen-bond acceptors (Lipinski definition) is 0. The van der Waals surface area contributed by atoms with Gasteiger partial charge in [-0.25, -0.2) is 17.6 Å². The van der Waals surface area contributed by atoms with E-state index in [0.717, 1.165) is 0 Å². The Balaban J connectivity index is 3.39. The van der Waals surface area contributed by atoms with Crippen LogP contribution < -0.4 is 0 Å².